The molecule has 2 aromatic rings. The molecule has 0 saturated carbocycles. The summed E-state index contributed by atoms with van der Waals surface area (Å²) < 4.78 is 0. The Labute approximate surface area is 107 Å². The molecule has 0 fully saturated rings. The molecule has 3 nitrogen and oxygen atoms in total. The second-order valence-electron chi connectivity index (χ2n) is 3.88. The fourth-order valence-corrected chi connectivity index (χ4v) is 1.60. The summed E-state index contributed by atoms with van der Waals surface area (Å²) in [5.74, 6) is 0. The molecule has 0 radical (unpaired) electrons. The number of nitrogens with two attached hydrogens (primary N) is 1. The van der Waals surface area contributed by atoms with Crippen LogP contribution in [0, 0.1) is 0 Å². The van der Waals surface area contributed by atoms with E-state index in [1.165, 1.54) is 0 Å². The van der Waals surface area contributed by atoms with Gasteiger partial charge < -0.3 is 16.4 Å². The Balaban J connectivity index is 1.95. The molecular weight excluding hydrogens is 222 g/mol. The van der Waals surface area contributed by atoms with E-state index in [9.17, 15) is 0 Å². The first-order valence-electron chi connectivity index (χ1n) is 5.91. The van der Waals surface area contributed by atoms with E-state index < -0.39 is 0 Å². The third-order valence-corrected chi connectivity index (χ3v) is 2.51. The molecule has 0 atom stereocenters. The smallest absolute Gasteiger partial charge is 0.0385 e. The average Bonchev–Trinajstić information content (AvgIpc) is 2.42. The molecule has 0 aromatic heterocycles. The molecule has 2 aromatic carbocycles. The van der Waals surface area contributed by atoms with Gasteiger partial charge in [0.2, 0.25) is 0 Å². The number of nitrogens with one attached hydrogen (secondary N) is 2. The Bertz CT molecular complexity index is 489. The van der Waals surface area contributed by atoms with Crippen molar-refractivity contribution < 1.29 is 0 Å². The zero-order chi connectivity index (χ0) is 12.6. The number of hydrogen-bond donors (Lipinski definition) is 3. The van der Waals surface area contributed by atoms with Crippen LogP contribution < -0.4 is 16.4 Å². The van der Waals surface area contributed by atoms with Crippen LogP contribution in [0.4, 0.5) is 17.1 Å². The van der Waals surface area contributed by atoms with Gasteiger partial charge in [-0.25, -0.2) is 0 Å². The molecule has 0 aliphatic carbocycles. The summed E-state index contributed by atoms with van der Waals surface area (Å²) >= 11 is 0. The average molecular weight is 239 g/mol. The highest BCUT2D eigenvalue weighted by molar-refractivity contribution is 5.62. The molecule has 0 aliphatic heterocycles. The van der Waals surface area contributed by atoms with Gasteiger partial charge in [0.05, 0.1) is 0 Å². The van der Waals surface area contributed by atoms with Gasteiger partial charge in [-0.3, -0.25) is 0 Å². The quantitative estimate of drug-likeness (QED) is 0.750. The fourth-order valence-electron chi connectivity index (χ4n) is 1.60. The molecule has 92 valence electrons. The van der Waals surface area contributed by atoms with Crippen LogP contribution in [0.5, 0.6) is 0 Å². The molecule has 0 heterocycles. The SMILES string of the molecule is NC=CCNc1ccc(Nc2ccccc2)cc1. The third kappa shape index (κ3) is 3.56. The third-order valence-electron chi connectivity index (χ3n) is 2.51. The standard InChI is InChI=1S/C15H17N3/c16-11-4-12-17-13-7-9-15(10-8-13)18-14-5-2-1-3-6-14/h1-11,17-18H,12,16H2. The molecular formula is C15H17N3. The van der Waals surface area contributed by atoms with Crippen molar-refractivity contribution in [3.63, 3.8) is 0 Å². The van der Waals surface area contributed by atoms with Gasteiger partial charge in [0.25, 0.3) is 0 Å². The monoisotopic (exact) mass is 239 g/mol. The summed E-state index contributed by atoms with van der Waals surface area (Å²) in [6, 6.07) is 18.3. The van der Waals surface area contributed by atoms with Crippen LogP contribution in [0.25, 0.3) is 0 Å². The predicted molar refractivity (Wildman–Crippen MR) is 78.0 cm³/mol. The molecule has 0 unspecified atom stereocenters. The lowest BCUT2D eigenvalue weighted by Crippen LogP contribution is -1.99. The van der Waals surface area contributed by atoms with Crippen LogP contribution in [-0.2, 0) is 0 Å². The first-order chi connectivity index (χ1) is 8.88. The first kappa shape index (κ1) is 12.0. The van der Waals surface area contributed by atoms with Gasteiger partial charge in [-0.2, -0.15) is 0 Å². The summed E-state index contributed by atoms with van der Waals surface area (Å²) in [6.45, 7) is 0.738. The van der Waals surface area contributed by atoms with Crippen molar-refractivity contribution in [2.45, 2.75) is 0 Å². The maximum Gasteiger partial charge on any atom is 0.0385 e. The van der Waals surface area contributed by atoms with E-state index in [-0.39, 0.29) is 0 Å². The van der Waals surface area contributed by atoms with Crippen LogP contribution in [0.3, 0.4) is 0 Å². The van der Waals surface area contributed by atoms with E-state index in [2.05, 4.69) is 10.6 Å². The molecule has 0 amide bonds. The Morgan fingerprint density at radius 2 is 1.44 bits per heavy atom. The van der Waals surface area contributed by atoms with Gasteiger partial charge in [-0.1, -0.05) is 18.2 Å². The van der Waals surface area contributed by atoms with Crippen LogP contribution in [0.1, 0.15) is 0 Å². The van der Waals surface area contributed by atoms with E-state index in [0.29, 0.717) is 0 Å². The van der Waals surface area contributed by atoms with E-state index in [1.807, 2.05) is 60.7 Å². The van der Waals surface area contributed by atoms with Gasteiger partial charge in [0.15, 0.2) is 0 Å². The summed E-state index contributed by atoms with van der Waals surface area (Å²) in [7, 11) is 0. The van der Waals surface area contributed by atoms with Gasteiger partial charge in [0.1, 0.15) is 0 Å². The summed E-state index contributed by atoms with van der Waals surface area (Å²) in [5, 5.41) is 6.58. The Morgan fingerprint density at radius 3 is 2.11 bits per heavy atom. The molecule has 0 saturated heterocycles. The van der Waals surface area contributed by atoms with Crippen molar-refractivity contribution in [2.24, 2.45) is 5.73 Å². The predicted octanol–water partition coefficient (Wildman–Crippen LogP) is 3.31. The van der Waals surface area contributed by atoms with Gasteiger partial charge in [-0.05, 0) is 48.7 Å². The summed E-state index contributed by atoms with van der Waals surface area (Å²) in [4.78, 5) is 0. The molecule has 4 N–H and O–H groups in total. The zero-order valence-electron chi connectivity index (χ0n) is 10.1. The highest BCUT2D eigenvalue weighted by Gasteiger charge is 1.94. The van der Waals surface area contributed by atoms with Crippen molar-refractivity contribution in [1.82, 2.24) is 0 Å². The van der Waals surface area contributed by atoms with Crippen LogP contribution in [0.15, 0.2) is 66.9 Å². The van der Waals surface area contributed by atoms with Gasteiger partial charge in [0, 0.05) is 23.6 Å². The number of para-hydroxylation sites is 1. The van der Waals surface area contributed by atoms with Crippen molar-refractivity contribution in [3.05, 3.63) is 66.9 Å². The molecule has 2 rings (SSSR count). The Kier molecular flexibility index (Phi) is 4.25. The maximum atomic E-state index is 5.27. The Hall–Kier alpha value is -2.42. The number of benzene rings is 2. The second-order valence-corrected chi connectivity index (χ2v) is 3.88. The molecule has 3 heteroatoms. The van der Waals surface area contributed by atoms with E-state index in [0.717, 1.165) is 23.6 Å². The minimum absolute atomic E-state index is 0.738. The number of anilines is 3. The molecule has 0 spiro atoms. The fraction of sp³-hybridized carbons (Fsp3) is 0.0667. The molecule has 0 aliphatic rings. The summed E-state index contributed by atoms with van der Waals surface area (Å²) in [6.07, 6.45) is 3.41. The van der Waals surface area contributed by atoms with E-state index in [4.69, 9.17) is 5.73 Å². The van der Waals surface area contributed by atoms with E-state index >= 15 is 0 Å². The lowest BCUT2D eigenvalue weighted by atomic mass is 10.2. The minimum atomic E-state index is 0.738. The zero-order valence-corrected chi connectivity index (χ0v) is 10.1. The van der Waals surface area contributed by atoms with Gasteiger partial charge in [-0.15, -0.1) is 0 Å². The van der Waals surface area contributed by atoms with Crippen LogP contribution in [-0.4, -0.2) is 6.54 Å². The largest absolute Gasteiger partial charge is 0.405 e. The number of hydrogen-bond acceptors (Lipinski definition) is 3. The normalized spacial score (nSPS) is 10.4. The Morgan fingerprint density at radius 1 is 0.833 bits per heavy atom. The number of rotatable bonds is 5. The lowest BCUT2D eigenvalue weighted by Gasteiger charge is -2.08. The maximum absolute atomic E-state index is 5.27. The lowest BCUT2D eigenvalue weighted by molar-refractivity contribution is 1.32. The van der Waals surface area contributed by atoms with Crippen molar-refractivity contribution in [2.75, 3.05) is 17.2 Å². The van der Waals surface area contributed by atoms with Crippen molar-refractivity contribution in [1.29, 1.82) is 0 Å². The topological polar surface area (TPSA) is 50.1 Å². The summed E-state index contributed by atoms with van der Waals surface area (Å²) in [5.41, 5.74) is 8.51. The van der Waals surface area contributed by atoms with E-state index in [1.54, 1.807) is 6.20 Å². The second kappa shape index (κ2) is 6.35. The highest BCUT2D eigenvalue weighted by atomic mass is 14.9. The van der Waals surface area contributed by atoms with Crippen molar-refractivity contribution >= 4 is 17.1 Å². The highest BCUT2D eigenvalue weighted by Crippen LogP contribution is 2.18. The van der Waals surface area contributed by atoms with Crippen molar-refractivity contribution in [3.8, 4) is 0 Å². The van der Waals surface area contributed by atoms with Crippen LogP contribution >= 0.6 is 0 Å². The van der Waals surface area contributed by atoms with Gasteiger partial charge >= 0.3 is 0 Å². The van der Waals surface area contributed by atoms with Crippen LogP contribution in [0.2, 0.25) is 0 Å². The molecule has 0 bridgehead atoms. The first-order valence-corrected chi connectivity index (χ1v) is 5.91. The minimum Gasteiger partial charge on any atom is -0.405 e. The molecule has 18 heavy (non-hydrogen) atoms.